The number of nitrogens with zero attached hydrogens (tertiary/aromatic N) is 4. The molecule has 0 amide bonds. The van der Waals surface area contributed by atoms with Gasteiger partial charge in [-0.1, -0.05) is 56.3 Å². The zero-order valence-corrected chi connectivity index (χ0v) is 33.7. The van der Waals surface area contributed by atoms with Gasteiger partial charge in [0.2, 0.25) is 0 Å². The highest BCUT2D eigenvalue weighted by molar-refractivity contribution is 6.16. The van der Waals surface area contributed by atoms with E-state index in [1.807, 2.05) is 66.3 Å². The van der Waals surface area contributed by atoms with Crippen molar-refractivity contribution in [2.24, 2.45) is 0 Å². The van der Waals surface area contributed by atoms with Crippen molar-refractivity contribution in [1.82, 2.24) is 9.47 Å². The molecule has 0 spiro atoms. The fraction of sp³-hybridized carbons (Fsp3) is 0.364. The molecule has 2 heterocycles. The normalized spacial score (nSPS) is 12.8. The summed E-state index contributed by atoms with van der Waals surface area (Å²) in [5.41, 5.74) is 6.43. The number of halogens is 2. The van der Waals surface area contributed by atoms with E-state index in [1.54, 1.807) is 0 Å². The summed E-state index contributed by atoms with van der Waals surface area (Å²) in [6, 6.07) is 30.4. The molecule has 9 nitrogen and oxygen atoms in total. The lowest BCUT2D eigenvalue weighted by Gasteiger charge is -2.36. The Morgan fingerprint density at radius 1 is 0.782 bits per heavy atom. The number of carboxylic acids is 1. The van der Waals surface area contributed by atoms with Gasteiger partial charge in [0.1, 0.15) is 11.5 Å². The van der Waals surface area contributed by atoms with E-state index in [0.29, 0.717) is 36.4 Å². The highest BCUT2D eigenvalue weighted by Gasteiger charge is 2.22. The molecule has 4 aromatic carbocycles. The predicted octanol–water partition coefficient (Wildman–Crippen LogP) is 9.29. The molecule has 294 valence electrons. The van der Waals surface area contributed by atoms with Gasteiger partial charge in [0.05, 0.1) is 24.6 Å². The summed E-state index contributed by atoms with van der Waals surface area (Å²) in [5.74, 6) is 0.704. The minimum atomic E-state index is -0.825. The number of hydrogen-bond donors (Lipinski definition) is 1. The molecule has 1 aromatic heterocycles. The van der Waals surface area contributed by atoms with Crippen LogP contribution in [0.5, 0.6) is 11.5 Å². The SMILES string of the molecule is CCCOc1ccccc1N1CCN(CCCOc2cc(C(=O)c3cn(CCCC(=O)O)c4ccccc34)ccc2N(C)c2ccc(CC)cc2)CC1.Cl.Cl. The van der Waals surface area contributed by atoms with Crippen molar-refractivity contribution in [3.05, 3.63) is 114 Å². The predicted molar refractivity (Wildman–Crippen MR) is 228 cm³/mol. The van der Waals surface area contributed by atoms with E-state index in [9.17, 15) is 9.59 Å². The zero-order chi connectivity index (χ0) is 37.2. The van der Waals surface area contributed by atoms with E-state index in [-0.39, 0.29) is 37.0 Å². The van der Waals surface area contributed by atoms with E-state index in [4.69, 9.17) is 14.6 Å². The van der Waals surface area contributed by atoms with E-state index in [2.05, 4.69) is 71.0 Å². The maximum Gasteiger partial charge on any atom is 0.303 e. The molecule has 11 heteroatoms. The van der Waals surface area contributed by atoms with Crippen LogP contribution in [0.25, 0.3) is 10.9 Å². The monoisotopic (exact) mass is 788 g/mol. The van der Waals surface area contributed by atoms with E-state index < -0.39 is 5.97 Å². The van der Waals surface area contributed by atoms with Crippen LogP contribution >= 0.6 is 24.8 Å². The van der Waals surface area contributed by atoms with Crippen molar-refractivity contribution in [1.29, 1.82) is 0 Å². The van der Waals surface area contributed by atoms with Crippen molar-refractivity contribution in [3.63, 3.8) is 0 Å². The summed E-state index contributed by atoms with van der Waals surface area (Å²) >= 11 is 0. The quantitative estimate of drug-likeness (QED) is 0.0695. The number of anilines is 3. The third kappa shape index (κ3) is 10.7. The van der Waals surface area contributed by atoms with Gasteiger partial charge in [0.25, 0.3) is 0 Å². The number of para-hydroxylation sites is 3. The molecule has 1 aliphatic rings. The highest BCUT2D eigenvalue weighted by atomic mass is 35.5. The van der Waals surface area contributed by atoms with Gasteiger partial charge in [-0.3, -0.25) is 14.5 Å². The summed E-state index contributed by atoms with van der Waals surface area (Å²) in [6.07, 6.45) is 5.23. The van der Waals surface area contributed by atoms with Gasteiger partial charge >= 0.3 is 5.97 Å². The Labute approximate surface area is 337 Å². The number of rotatable bonds is 18. The topological polar surface area (TPSA) is 87.5 Å². The number of aliphatic carboxylic acids is 1. The van der Waals surface area contributed by atoms with Crippen molar-refractivity contribution in [2.75, 3.05) is 62.8 Å². The van der Waals surface area contributed by atoms with Crippen LogP contribution in [0.4, 0.5) is 17.1 Å². The molecular formula is C44H54Cl2N4O5. The number of benzene rings is 4. The number of piperazine rings is 1. The van der Waals surface area contributed by atoms with Gasteiger partial charge in [-0.15, -0.1) is 24.8 Å². The molecule has 5 aromatic rings. The molecule has 1 fully saturated rings. The smallest absolute Gasteiger partial charge is 0.303 e. The average molecular weight is 790 g/mol. The van der Waals surface area contributed by atoms with Crippen LogP contribution in [0.2, 0.25) is 0 Å². The third-order valence-electron chi connectivity index (χ3n) is 10.1. The average Bonchev–Trinajstić information content (AvgIpc) is 3.56. The third-order valence-corrected chi connectivity index (χ3v) is 10.1. The Morgan fingerprint density at radius 2 is 1.49 bits per heavy atom. The van der Waals surface area contributed by atoms with Gasteiger partial charge in [-0.25, -0.2) is 0 Å². The largest absolute Gasteiger partial charge is 0.491 e. The summed E-state index contributed by atoms with van der Waals surface area (Å²) in [7, 11) is 2.03. The van der Waals surface area contributed by atoms with E-state index in [0.717, 1.165) is 86.6 Å². The number of aryl methyl sites for hydroxylation is 2. The molecule has 0 saturated carbocycles. The first-order chi connectivity index (χ1) is 25.9. The van der Waals surface area contributed by atoms with Crippen LogP contribution in [0.1, 0.15) is 61.0 Å². The molecule has 0 aliphatic carbocycles. The number of hydrogen-bond acceptors (Lipinski definition) is 7. The lowest BCUT2D eigenvalue weighted by molar-refractivity contribution is -0.137. The first-order valence-corrected chi connectivity index (χ1v) is 19.0. The number of ketones is 1. The van der Waals surface area contributed by atoms with Gasteiger partial charge < -0.3 is 28.9 Å². The van der Waals surface area contributed by atoms with Crippen LogP contribution in [-0.4, -0.2) is 79.3 Å². The Kier molecular flexibility index (Phi) is 16.3. The standard InChI is InChI=1S/C44H52N4O5.2ClH/c1-4-29-52-41-15-9-8-14-40(41)47-27-25-46(26-28-47)23-11-30-53-42-31-34(19-22-39(42)45(3)35-20-17-33(5-2)18-21-35)44(51)37-32-48(24-10-16-43(49)50)38-13-7-6-12-36(37)38;;/h6-9,12-15,17-22,31-32H,4-5,10-11,16,23-30H2,1-3H3,(H,49,50);2*1H. The van der Waals surface area contributed by atoms with Crippen LogP contribution < -0.4 is 19.3 Å². The highest BCUT2D eigenvalue weighted by Crippen LogP contribution is 2.36. The van der Waals surface area contributed by atoms with Crippen molar-refractivity contribution in [3.8, 4) is 11.5 Å². The van der Waals surface area contributed by atoms with Gasteiger partial charge in [0, 0.05) is 86.7 Å². The zero-order valence-electron chi connectivity index (χ0n) is 32.1. The Balaban J connectivity index is 0.00000336. The second-order valence-corrected chi connectivity index (χ2v) is 13.7. The van der Waals surface area contributed by atoms with E-state index >= 15 is 0 Å². The maximum atomic E-state index is 14.2. The lowest BCUT2D eigenvalue weighted by Crippen LogP contribution is -2.46. The van der Waals surface area contributed by atoms with Crippen molar-refractivity contribution >= 4 is 64.5 Å². The number of carboxylic acid groups (broad SMARTS) is 1. The van der Waals surface area contributed by atoms with Gasteiger partial charge in [-0.2, -0.15) is 0 Å². The van der Waals surface area contributed by atoms with Crippen LogP contribution in [0.15, 0.2) is 97.2 Å². The van der Waals surface area contributed by atoms with Gasteiger partial charge in [-0.05, 0) is 79.8 Å². The number of aromatic nitrogens is 1. The fourth-order valence-electron chi connectivity index (χ4n) is 7.05. The number of fused-ring (bicyclic) bond motifs is 1. The lowest BCUT2D eigenvalue weighted by atomic mass is 10.0. The van der Waals surface area contributed by atoms with Gasteiger partial charge in [0.15, 0.2) is 5.78 Å². The van der Waals surface area contributed by atoms with Crippen molar-refractivity contribution < 1.29 is 24.2 Å². The molecule has 0 atom stereocenters. The molecule has 6 rings (SSSR count). The minimum absolute atomic E-state index is 0. The Bertz CT molecular complexity index is 1990. The number of carbonyl (C=O) groups is 2. The first-order valence-electron chi connectivity index (χ1n) is 19.0. The second kappa shape index (κ2) is 20.8. The second-order valence-electron chi connectivity index (χ2n) is 13.7. The molecule has 1 aliphatic heterocycles. The molecule has 1 N–H and O–H groups in total. The van der Waals surface area contributed by atoms with E-state index in [1.165, 1.54) is 11.3 Å². The molecule has 0 radical (unpaired) electrons. The summed E-state index contributed by atoms with van der Waals surface area (Å²) in [4.78, 5) is 32.4. The molecule has 0 unspecified atom stereocenters. The molecule has 0 bridgehead atoms. The Morgan fingerprint density at radius 3 is 2.22 bits per heavy atom. The molecule has 1 saturated heterocycles. The summed E-state index contributed by atoms with van der Waals surface area (Å²) in [5, 5.41) is 10.0. The van der Waals surface area contributed by atoms with Crippen LogP contribution in [0, 0.1) is 0 Å². The fourth-order valence-corrected chi connectivity index (χ4v) is 7.05. The van der Waals surface area contributed by atoms with Crippen molar-refractivity contribution in [2.45, 2.75) is 52.5 Å². The van der Waals surface area contributed by atoms with Crippen LogP contribution in [0.3, 0.4) is 0 Å². The number of ether oxygens (including phenoxy) is 2. The molecule has 55 heavy (non-hydrogen) atoms. The Hall–Kier alpha value is -4.70. The minimum Gasteiger partial charge on any atom is -0.491 e. The maximum absolute atomic E-state index is 14.2. The first kappa shape index (κ1) is 43.0. The van der Waals surface area contributed by atoms with Crippen LogP contribution in [-0.2, 0) is 17.8 Å². The summed E-state index contributed by atoms with van der Waals surface area (Å²) < 4.78 is 14.6. The summed E-state index contributed by atoms with van der Waals surface area (Å²) in [6.45, 7) is 10.8. The molecular weight excluding hydrogens is 735 g/mol. The number of carbonyl (C=O) groups excluding carboxylic acids is 1.